The highest BCUT2D eigenvalue weighted by molar-refractivity contribution is 5.59. The van der Waals surface area contributed by atoms with Gasteiger partial charge in [-0.05, 0) is 48.5 Å². The van der Waals surface area contributed by atoms with E-state index in [1.807, 2.05) is 6.07 Å². The summed E-state index contributed by atoms with van der Waals surface area (Å²) in [4.78, 5) is 0. The van der Waals surface area contributed by atoms with Gasteiger partial charge in [0.25, 0.3) is 0 Å². The Labute approximate surface area is 138 Å². The van der Waals surface area contributed by atoms with Gasteiger partial charge in [-0.2, -0.15) is 5.10 Å². The normalized spacial score (nSPS) is 12.2. The predicted molar refractivity (Wildman–Crippen MR) is 87.8 cm³/mol. The number of aromatic nitrogens is 2. The van der Waals surface area contributed by atoms with Crippen LogP contribution in [-0.4, -0.2) is 23.9 Å². The van der Waals surface area contributed by atoms with Gasteiger partial charge in [-0.1, -0.05) is 0 Å². The number of methoxy groups -OCH3 is 1. The number of aromatic amines is 1. The first-order valence-corrected chi connectivity index (χ1v) is 7.47. The highest BCUT2D eigenvalue weighted by Gasteiger charge is 2.20. The number of ether oxygens (including phenoxy) is 1. The third-order valence-corrected chi connectivity index (χ3v) is 3.92. The number of rotatable bonds is 5. The zero-order valence-corrected chi connectivity index (χ0v) is 13.1. The van der Waals surface area contributed by atoms with Crippen molar-refractivity contribution in [2.24, 2.45) is 5.73 Å². The summed E-state index contributed by atoms with van der Waals surface area (Å²) in [6, 6.07) is 12.2. The number of H-pyrrole nitrogens is 1. The maximum absolute atomic E-state index is 13.6. The molecule has 0 radical (unpaired) electrons. The fourth-order valence-corrected chi connectivity index (χ4v) is 2.68. The van der Waals surface area contributed by atoms with Gasteiger partial charge < -0.3 is 10.5 Å². The second-order valence-corrected chi connectivity index (χ2v) is 5.39. The lowest BCUT2D eigenvalue weighted by Gasteiger charge is -2.17. The first-order chi connectivity index (χ1) is 11.6. The van der Waals surface area contributed by atoms with Crippen LogP contribution >= 0.6 is 0 Å². The van der Waals surface area contributed by atoms with Crippen LogP contribution in [0, 0.1) is 11.6 Å². The van der Waals surface area contributed by atoms with Crippen molar-refractivity contribution in [3.63, 3.8) is 0 Å². The lowest BCUT2D eigenvalue weighted by atomic mass is 9.94. The molecule has 0 bridgehead atoms. The Morgan fingerprint density at radius 3 is 2.46 bits per heavy atom. The largest absolute Gasteiger partial charge is 0.496 e. The summed E-state index contributed by atoms with van der Waals surface area (Å²) in [6.45, 7) is 0.255. The lowest BCUT2D eigenvalue weighted by molar-refractivity contribution is 0.406. The van der Waals surface area contributed by atoms with E-state index in [1.54, 1.807) is 18.2 Å². The molecular weight excluding hydrogens is 312 g/mol. The molecule has 24 heavy (non-hydrogen) atoms. The lowest BCUT2D eigenvalue weighted by Crippen LogP contribution is -2.15. The number of nitrogens with one attached hydrogen (secondary N) is 1. The van der Waals surface area contributed by atoms with E-state index >= 15 is 0 Å². The van der Waals surface area contributed by atoms with E-state index in [1.165, 1.54) is 31.4 Å². The van der Waals surface area contributed by atoms with Crippen molar-refractivity contribution in [3.8, 4) is 17.0 Å². The van der Waals surface area contributed by atoms with Crippen LogP contribution in [0.2, 0.25) is 0 Å². The molecule has 3 N–H and O–H groups in total. The van der Waals surface area contributed by atoms with Crippen LogP contribution in [0.15, 0.2) is 48.5 Å². The molecule has 0 aliphatic heterocycles. The molecule has 3 rings (SSSR count). The third kappa shape index (κ3) is 3.14. The Bertz CT molecular complexity index is 831. The Kier molecular flexibility index (Phi) is 4.57. The van der Waals surface area contributed by atoms with Crippen molar-refractivity contribution in [2.75, 3.05) is 13.7 Å². The number of hydrogen-bond donors (Lipinski definition) is 2. The second-order valence-electron chi connectivity index (χ2n) is 5.39. The fraction of sp³-hybridized carbons (Fsp3) is 0.167. The fourth-order valence-electron chi connectivity index (χ4n) is 2.68. The quantitative estimate of drug-likeness (QED) is 0.753. The van der Waals surface area contributed by atoms with Gasteiger partial charge in [-0.25, -0.2) is 8.78 Å². The average molecular weight is 329 g/mol. The molecule has 4 nitrogen and oxygen atoms in total. The van der Waals surface area contributed by atoms with Crippen LogP contribution < -0.4 is 10.5 Å². The minimum atomic E-state index is -0.359. The first kappa shape index (κ1) is 16.1. The maximum Gasteiger partial charge on any atom is 0.123 e. The average Bonchev–Trinajstić information content (AvgIpc) is 3.06. The molecule has 0 saturated carbocycles. The van der Waals surface area contributed by atoms with Gasteiger partial charge >= 0.3 is 0 Å². The number of benzene rings is 2. The van der Waals surface area contributed by atoms with Gasteiger partial charge in [-0.15, -0.1) is 0 Å². The van der Waals surface area contributed by atoms with E-state index in [2.05, 4.69) is 10.2 Å². The Hall–Kier alpha value is -2.73. The van der Waals surface area contributed by atoms with E-state index in [-0.39, 0.29) is 24.1 Å². The molecule has 1 heterocycles. The van der Waals surface area contributed by atoms with E-state index in [0.29, 0.717) is 17.0 Å². The minimum Gasteiger partial charge on any atom is -0.496 e. The molecule has 2 aromatic carbocycles. The van der Waals surface area contributed by atoms with E-state index in [9.17, 15) is 8.78 Å². The maximum atomic E-state index is 13.6. The molecule has 0 saturated heterocycles. The molecule has 0 fully saturated rings. The number of nitrogens with two attached hydrogens (primary N) is 1. The highest BCUT2D eigenvalue weighted by Crippen LogP contribution is 2.32. The van der Waals surface area contributed by atoms with Gasteiger partial charge in [0.15, 0.2) is 0 Å². The van der Waals surface area contributed by atoms with Crippen molar-refractivity contribution in [3.05, 3.63) is 71.4 Å². The standard InChI is InChI=1S/C18H17F2N3O/c1-24-18-7-6-13(20)8-14(18)15(10-21)17-9-16(22-23-17)11-2-4-12(19)5-3-11/h2-9,15H,10,21H2,1H3,(H,22,23). The van der Waals surface area contributed by atoms with Gasteiger partial charge in [0.2, 0.25) is 0 Å². The molecule has 1 aromatic heterocycles. The van der Waals surface area contributed by atoms with Crippen molar-refractivity contribution in [2.45, 2.75) is 5.92 Å². The molecule has 1 unspecified atom stereocenters. The molecule has 0 aliphatic rings. The second kappa shape index (κ2) is 6.80. The summed E-state index contributed by atoms with van der Waals surface area (Å²) in [5.41, 5.74) is 8.73. The van der Waals surface area contributed by atoms with Gasteiger partial charge in [0.1, 0.15) is 17.4 Å². The van der Waals surface area contributed by atoms with Crippen LogP contribution in [0.25, 0.3) is 11.3 Å². The van der Waals surface area contributed by atoms with Crippen LogP contribution in [0.3, 0.4) is 0 Å². The Morgan fingerprint density at radius 1 is 1.08 bits per heavy atom. The summed E-state index contributed by atoms with van der Waals surface area (Å²) in [5, 5.41) is 7.19. The topological polar surface area (TPSA) is 63.9 Å². The van der Waals surface area contributed by atoms with Crippen LogP contribution in [0.4, 0.5) is 8.78 Å². The van der Waals surface area contributed by atoms with Gasteiger partial charge in [0.05, 0.1) is 12.8 Å². The van der Waals surface area contributed by atoms with Crippen molar-refractivity contribution in [1.29, 1.82) is 0 Å². The zero-order valence-electron chi connectivity index (χ0n) is 13.1. The van der Waals surface area contributed by atoms with E-state index in [0.717, 1.165) is 11.3 Å². The van der Waals surface area contributed by atoms with E-state index in [4.69, 9.17) is 10.5 Å². The number of halogens is 2. The molecule has 6 heteroatoms. The van der Waals surface area contributed by atoms with Crippen LogP contribution in [0.1, 0.15) is 17.2 Å². The molecule has 0 amide bonds. The zero-order chi connectivity index (χ0) is 17.1. The number of nitrogens with zero attached hydrogens (tertiary/aromatic N) is 1. The summed E-state index contributed by atoms with van der Waals surface area (Å²) in [7, 11) is 1.53. The molecular formula is C18H17F2N3O. The van der Waals surface area contributed by atoms with Crippen molar-refractivity contribution in [1.82, 2.24) is 10.2 Å². The summed E-state index contributed by atoms with van der Waals surface area (Å²) < 4.78 is 32.0. The van der Waals surface area contributed by atoms with Crippen LogP contribution in [-0.2, 0) is 0 Å². The summed E-state index contributed by atoms with van der Waals surface area (Å²) >= 11 is 0. The van der Waals surface area contributed by atoms with Gasteiger partial charge in [0, 0.05) is 29.3 Å². The Morgan fingerprint density at radius 2 is 1.79 bits per heavy atom. The van der Waals surface area contributed by atoms with E-state index < -0.39 is 0 Å². The highest BCUT2D eigenvalue weighted by atomic mass is 19.1. The predicted octanol–water partition coefficient (Wildman–Crippen LogP) is 3.45. The number of hydrogen-bond acceptors (Lipinski definition) is 3. The SMILES string of the molecule is COc1ccc(F)cc1C(CN)c1cc(-c2ccc(F)cc2)n[nH]1. The summed E-state index contributed by atoms with van der Waals surface area (Å²) in [6.07, 6.45) is 0. The first-order valence-electron chi connectivity index (χ1n) is 7.47. The molecule has 124 valence electrons. The minimum absolute atomic E-state index is 0.255. The van der Waals surface area contributed by atoms with Crippen LogP contribution in [0.5, 0.6) is 5.75 Å². The van der Waals surface area contributed by atoms with Crippen molar-refractivity contribution >= 4 is 0 Å². The molecule has 1 atom stereocenters. The molecule has 0 aliphatic carbocycles. The Balaban J connectivity index is 1.98. The van der Waals surface area contributed by atoms with Gasteiger partial charge in [-0.3, -0.25) is 5.10 Å². The molecule has 0 spiro atoms. The summed E-state index contributed by atoms with van der Waals surface area (Å²) in [5.74, 6) is -0.400. The monoisotopic (exact) mass is 329 g/mol. The molecule has 3 aromatic rings. The smallest absolute Gasteiger partial charge is 0.123 e. The van der Waals surface area contributed by atoms with Crippen molar-refractivity contribution < 1.29 is 13.5 Å². The third-order valence-electron chi connectivity index (χ3n) is 3.92.